The Bertz CT molecular complexity index is 1750. The van der Waals surface area contributed by atoms with Crippen molar-refractivity contribution in [2.45, 2.75) is 64.9 Å². The van der Waals surface area contributed by atoms with Crippen LogP contribution >= 0.6 is 11.3 Å². The zero-order valence-electron chi connectivity index (χ0n) is 26.8. The van der Waals surface area contributed by atoms with Crippen LogP contribution in [0, 0.1) is 0 Å². The largest absolute Gasteiger partial charge is 0.573 e. The van der Waals surface area contributed by atoms with E-state index in [1.165, 1.54) is 48.9 Å². The number of ether oxygens (including phenoxy) is 2. The number of nitrogens with zero attached hydrogens (tertiary/aromatic N) is 2. The van der Waals surface area contributed by atoms with E-state index in [1.807, 2.05) is 26.8 Å². The monoisotopic (exact) mass is 684 g/mol. The maximum Gasteiger partial charge on any atom is 0.573 e. The lowest BCUT2D eigenvalue weighted by Gasteiger charge is -2.20. The molecule has 2 aromatic carbocycles. The third-order valence-corrected chi connectivity index (χ3v) is 8.54. The van der Waals surface area contributed by atoms with Gasteiger partial charge in [-0.25, -0.2) is 9.97 Å². The minimum absolute atomic E-state index is 0.0716. The Morgan fingerprint density at radius 2 is 1.54 bits per heavy atom. The van der Waals surface area contributed by atoms with E-state index >= 15 is 0 Å². The van der Waals surface area contributed by atoms with Gasteiger partial charge in [-0.1, -0.05) is 51.1 Å². The highest BCUT2D eigenvalue weighted by atomic mass is 32.1. The lowest BCUT2D eigenvalue weighted by Crippen LogP contribution is -2.51. The maximum absolute atomic E-state index is 13.1. The Hall–Kier alpha value is -4.98. The van der Waals surface area contributed by atoms with Crippen LogP contribution in [-0.2, 0) is 21.4 Å². The molecular weight excluding hydrogens is 649 g/mol. The Kier molecular flexibility index (Phi) is 11.1. The zero-order chi connectivity index (χ0) is 35.2. The van der Waals surface area contributed by atoms with Gasteiger partial charge in [-0.2, -0.15) is 0 Å². The van der Waals surface area contributed by atoms with Gasteiger partial charge in [0.05, 0.1) is 11.5 Å². The summed E-state index contributed by atoms with van der Waals surface area (Å²) in [6.07, 6.45) is -1.73. The number of aliphatic carboxylic acids is 1. The lowest BCUT2D eigenvalue weighted by atomic mass is 9.95. The fourth-order valence-corrected chi connectivity index (χ4v) is 5.46. The number of amides is 2. The molecule has 10 nitrogen and oxygen atoms in total. The normalized spacial score (nSPS) is 12.9. The third-order valence-electron chi connectivity index (χ3n) is 7.03. The van der Waals surface area contributed by atoms with Crippen LogP contribution in [0.25, 0.3) is 22.5 Å². The van der Waals surface area contributed by atoms with Gasteiger partial charge in [-0.05, 0) is 54.7 Å². The van der Waals surface area contributed by atoms with Crippen molar-refractivity contribution in [1.29, 1.82) is 0 Å². The molecular formula is C34H35F3N4O6S. The van der Waals surface area contributed by atoms with E-state index in [-0.39, 0.29) is 24.2 Å². The molecule has 254 valence electrons. The highest BCUT2D eigenvalue weighted by Gasteiger charge is 2.32. The first-order chi connectivity index (χ1) is 22.5. The number of aromatic nitrogens is 2. The Morgan fingerprint density at radius 1 is 0.896 bits per heavy atom. The standard InChI is InChI=1S/C34H35F3N4O6S/c1-6-46-26-16-22(11-12-25(26)47-34(35,36)37)23-17-38-29(39-18-23)21-9-7-20(8-10-21)15-24(30(42)40-19(2)32(44)45)41-31(43)27-13-14-28(48-27)33(3,4)5/h7-14,16-19,24H,6,15H2,1-5H3,(H,40,42)(H,41,43)(H,44,45). The summed E-state index contributed by atoms with van der Waals surface area (Å²) in [7, 11) is 0. The molecule has 0 fully saturated rings. The van der Waals surface area contributed by atoms with Gasteiger partial charge in [0.25, 0.3) is 5.91 Å². The molecule has 2 unspecified atom stereocenters. The molecule has 2 atom stereocenters. The Labute approximate surface area is 279 Å². The van der Waals surface area contributed by atoms with Crippen molar-refractivity contribution in [2.24, 2.45) is 0 Å². The maximum atomic E-state index is 13.1. The first-order valence-electron chi connectivity index (χ1n) is 14.9. The van der Waals surface area contributed by atoms with Crippen LogP contribution in [0.5, 0.6) is 11.5 Å². The molecule has 0 saturated carbocycles. The van der Waals surface area contributed by atoms with Gasteiger partial charge in [0.2, 0.25) is 5.91 Å². The second-order valence-corrected chi connectivity index (χ2v) is 12.9. The van der Waals surface area contributed by atoms with Gasteiger partial charge in [0.15, 0.2) is 17.3 Å². The molecule has 0 aliphatic heterocycles. The number of nitrogens with one attached hydrogen (secondary N) is 2. The van der Waals surface area contributed by atoms with Crippen molar-refractivity contribution in [2.75, 3.05) is 6.61 Å². The number of alkyl halides is 3. The average Bonchev–Trinajstić information content (AvgIpc) is 3.53. The summed E-state index contributed by atoms with van der Waals surface area (Å²) in [5, 5.41) is 14.5. The van der Waals surface area contributed by atoms with E-state index in [0.717, 1.165) is 4.88 Å². The molecule has 4 aromatic rings. The van der Waals surface area contributed by atoms with E-state index in [0.29, 0.717) is 33.0 Å². The lowest BCUT2D eigenvalue weighted by molar-refractivity contribution is -0.275. The van der Waals surface area contributed by atoms with Gasteiger partial charge in [0, 0.05) is 34.8 Å². The summed E-state index contributed by atoms with van der Waals surface area (Å²) < 4.78 is 47.7. The van der Waals surface area contributed by atoms with Crippen molar-refractivity contribution in [3.05, 3.63) is 82.3 Å². The van der Waals surface area contributed by atoms with Crippen LogP contribution in [0.4, 0.5) is 13.2 Å². The van der Waals surface area contributed by atoms with Crippen LogP contribution in [-0.4, -0.2) is 57.9 Å². The first-order valence-corrected chi connectivity index (χ1v) is 15.7. The molecule has 0 aliphatic carbocycles. The molecule has 0 bridgehead atoms. The number of halogens is 3. The topological polar surface area (TPSA) is 140 Å². The fourth-order valence-electron chi connectivity index (χ4n) is 4.49. The van der Waals surface area contributed by atoms with E-state index in [1.54, 1.807) is 37.3 Å². The number of hydrogen-bond acceptors (Lipinski definition) is 8. The van der Waals surface area contributed by atoms with Gasteiger partial charge in [-0.3, -0.25) is 14.4 Å². The minimum atomic E-state index is -4.87. The molecule has 0 aliphatic rings. The molecule has 0 spiro atoms. The van der Waals surface area contributed by atoms with E-state index < -0.39 is 42.0 Å². The quantitative estimate of drug-likeness (QED) is 0.156. The molecule has 2 heterocycles. The molecule has 0 saturated heterocycles. The SMILES string of the molecule is CCOc1cc(-c2cnc(-c3ccc(CC(NC(=O)c4ccc(C(C)(C)C)s4)C(=O)NC(C)C(=O)O)cc3)nc2)ccc1OC(F)(F)F. The number of rotatable bonds is 12. The number of carbonyl (C=O) groups excluding carboxylic acids is 2. The molecule has 48 heavy (non-hydrogen) atoms. The predicted octanol–water partition coefficient (Wildman–Crippen LogP) is 6.40. The smallest absolute Gasteiger partial charge is 0.490 e. The van der Waals surface area contributed by atoms with Gasteiger partial charge >= 0.3 is 12.3 Å². The van der Waals surface area contributed by atoms with Crippen LogP contribution < -0.4 is 20.1 Å². The van der Waals surface area contributed by atoms with Crippen molar-refractivity contribution < 1.29 is 42.1 Å². The minimum Gasteiger partial charge on any atom is -0.490 e. The van der Waals surface area contributed by atoms with Crippen molar-refractivity contribution in [3.8, 4) is 34.0 Å². The molecule has 14 heteroatoms. The number of thiophene rings is 1. The summed E-state index contributed by atoms with van der Waals surface area (Å²) >= 11 is 1.33. The van der Waals surface area contributed by atoms with E-state index in [2.05, 4.69) is 25.3 Å². The molecule has 2 aromatic heterocycles. The summed E-state index contributed by atoms with van der Waals surface area (Å²) in [6.45, 7) is 9.21. The zero-order valence-corrected chi connectivity index (χ0v) is 27.7. The van der Waals surface area contributed by atoms with Gasteiger partial charge in [0.1, 0.15) is 12.1 Å². The van der Waals surface area contributed by atoms with Crippen LogP contribution in [0.1, 0.15) is 54.7 Å². The highest BCUT2D eigenvalue weighted by Crippen LogP contribution is 2.36. The summed E-state index contributed by atoms with van der Waals surface area (Å²) in [5.74, 6) is -2.45. The summed E-state index contributed by atoms with van der Waals surface area (Å²) in [5.41, 5.74) is 2.24. The fraction of sp³-hybridized carbons (Fsp3) is 0.324. The number of carboxylic acid groups (broad SMARTS) is 1. The molecule has 0 radical (unpaired) electrons. The summed E-state index contributed by atoms with van der Waals surface area (Å²) in [6, 6.07) is 12.4. The van der Waals surface area contributed by atoms with Crippen molar-refractivity contribution in [1.82, 2.24) is 20.6 Å². The number of hydrogen-bond donors (Lipinski definition) is 3. The predicted molar refractivity (Wildman–Crippen MR) is 174 cm³/mol. The molecule has 2 amide bonds. The highest BCUT2D eigenvalue weighted by molar-refractivity contribution is 7.14. The second kappa shape index (κ2) is 14.8. The molecule has 4 rings (SSSR count). The van der Waals surface area contributed by atoms with Crippen molar-refractivity contribution >= 4 is 29.1 Å². The summed E-state index contributed by atoms with van der Waals surface area (Å²) in [4.78, 5) is 47.8. The van der Waals surface area contributed by atoms with Crippen LogP contribution in [0.2, 0.25) is 0 Å². The van der Waals surface area contributed by atoms with E-state index in [4.69, 9.17) is 4.74 Å². The van der Waals surface area contributed by atoms with Gasteiger partial charge < -0.3 is 25.2 Å². The first kappa shape index (κ1) is 35.9. The number of carbonyl (C=O) groups is 3. The van der Waals surface area contributed by atoms with Crippen molar-refractivity contribution in [3.63, 3.8) is 0 Å². The van der Waals surface area contributed by atoms with E-state index in [9.17, 15) is 32.7 Å². The Morgan fingerprint density at radius 3 is 2.10 bits per heavy atom. The average molecular weight is 685 g/mol. The number of carboxylic acids is 1. The second-order valence-electron chi connectivity index (χ2n) is 11.8. The third kappa shape index (κ3) is 9.53. The Balaban J connectivity index is 1.50. The molecule has 3 N–H and O–H groups in total. The van der Waals surface area contributed by atoms with Crippen LogP contribution in [0.15, 0.2) is 67.0 Å². The number of benzene rings is 2. The van der Waals surface area contributed by atoms with Crippen LogP contribution in [0.3, 0.4) is 0 Å². The van der Waals surface area contributed by atoms with Gasteiger partial charge in [-0.15, -0.1) is 24.5 Å².